The van der Waals surface area contributed by atoms with Gasteiger partial charge in [-0.3, -0.25) is 4.90 Å². The first-order chi connectivity index (χ1) is 6.77. The molecule has 0 atom stereocenters. The molecule has 2 aliphatic rings. The van der Waals surface area contributed by atoms with Crippen LogP contribution < -0.4 is 0 Å². The molecule has 2 fully saturated rings. The van der Waals surface area contributed by atoms with Crippen molar-refractivity contribution in [2.45, 2.75) is 63.5 Å². The van der Waals surface area contributed by atoms with Crippen LogP contribution in [0, 0.1) is 0 Å². The predicted molar refractivity (Wildman–Crippen MR) is 56.8 cm³/mol. The molecule has 14 heavy (non-hydrogen) atoms. The molecule has 1 heterocycles. The van der Waals surface area contributed by atoms with Crippen LogP contribution in [0.5, 0.6) is 0 Å². The number of rotatable bonds is 2. The standard InChI is InChI=1S/C12H22NO/c1-2-12(7-3-4-8-12)13-9-5-11(14)6-10-13/h11H,2-10H2,1H3. The lowest BCUT2D eigenvalue weighted by atomic mass is 9.89. The molecule has 2 nitrogen and oxygen atoms in total. The van der Waals surface area contributed by atoms with E-state index in [-0.39, 0.29) is 6.10 Å². The largest absolute Gasteiger partial charge is 0.297 e. The molecule has 0 N–H and O–H groups in total. The number of likely N-dealkylation sites (tertiary alicyclic amines) is 1. The monoisotopic (exact) mass is 196 g/mol. The molecule has 1 saturated carbocycles. The Hall–Kier alpha value is -0.0800. The third kappa shape index (κ3) is 1.82. The van der Waals surface area contributed by atoms with Gasteiger partial charge in [0.25, 0.3) is 0 Å². The fraction of sp³-hybridized carbons (Fsp3) is 1.00. The Morgan fingerprint density at radius 1 is 1.21 bits per heavy atom. The molecule has 0 amide bonds. The number of hydrogen-bond donors (Lipinski definition) is 0. The van der Waals surface area contributed by atoms with Gasteiger partial charge >= 0.3 is 0 Å². The normalized spacial score (nSPS) is 29.6. The van der Waals surface area contributed by atoms with Crippen LogP contribution in [0.3, 0.4) is 0 Å². The molecule has 1 radical (unpaired) electrons. The fourth-order valence-corrected chi connectivity index (χ4v) is 3.26. The second kappa shape index (κ2) is 4.19. The molecular formula is C12H22NO. The summed E-state index contributed by atoms with van der Waals surface area (Å²) in [6.07, 6.45) is 8.28. The van der Waals surface area contributed by atoms with Crippen molar-refractivity contribution < 1.29 is 5.11 Å². The minimum Gasteiger partial charge on any atom is -0.297 e. The van der Waals surface area contributed by atoms with Crippen molar-refractivity contribution in [3.63, 3.8) is 0 Å². The van der Waals surface area contributed by atoms with E-state index < -0.39 is 0 Å². The third-order valence-corrected chi connectivity index (χ3v) is 4.31. The quantitative estimate of drug-likeness (QED) is 0.666. The molecule has 0 unspecified atom stereocenters. The highest BCUT2D eigenvalue weighted by atomic mass is 16.3. The average molecular weight is 196 g/mol. The van der Waals surface area contributed by atoms with E-state index in [9.17, 15) is 5.11 Å². The summed E-state index contributed by atoms with van der Waals surface area (Å²) in [5, 5.41) is 11.3. The maximum atomic E-state index is 11.3. The highest BCUT2D eigenvalue weighted by Gasteiger charge is 2.39. The van der Waals surface area contributed by atoms with E-state index in [1.54, 1.807) is 0 Å². The second-order valence-corrected chi connectivity index (χ2v) is 4.97. The van der Waals surface area contributed by atoms with Crippen molar-refractivity contribution in [2.24, 2.45) is 0 Å². The van der Waals surface area contributed by atoms with Gasteiger partial charge in [0.15, 0.2) is 0 Å². The predicted octanol–water partition coefficient (Wildman–Crippen LogP) is 2.60. The summed E-state index contributed by atoms with van der Waals surface area (Å²) in [7, 11) is 0. The summed E-state index contributed by atoms with van der Waals surface area (Å²) in [6, 6.07) is 0. The van der Waals surface area contributed by atoms with Gasteiger partial charge < -0.3 is 0 Å². The first kappa shape index (κ1) is 10.4. The lowest BCUT2D eigenvalue weighted by Crippen LogP contribution is -2.50. The Morgan fingerprint density at radius 2 is 1.79 bits per heavy atom. The van der Waals surface area contributed by atoms with Crippen LogP contribution in [0.2, 0.25) is 0 Å². The second-order valence-electron chi connectivity index (χ2n) is 4.97. The average Bonchev–Trinajstić information content (AvgIpc) is 2.68. The van der Waals surface area contributed by atoms with Crippen molar-refractivity contribution in [3.8, 4) is 0 Å². The van der Waals surface area contributed by atoms with Crippen LogP contribution in [0.25, 0.3) is 0 Å². The van der Waals surface area contributed by atoms with Crippen molar-refractivity contribution in [1.29, 1.82) is 0 Å². The summed E-state index contributed by atoms with van der Waals surface area (Å²) in [5.74, 6) is 0. The molecule has 0 bridgehead atoms. The van der Waals surface area contributed by atoms with Gasteiger partial charge in [-0.05, 0) is 32.1 Å². The van der Waals surface area contributed by atoms with E-state index in [4.69, 9.17) is 0 Å². The molecular weight excluding hydrogens is 174 g/mol. The first-order valence-electron chi connectivity index (χ1n) is 6.18. The Morgan fingerprint density at radius 3 is 2.29 bits per heavy atom. The van der Waals surface area contributed by atoms with Gasteiger partial charge in [-0.1, -0.05) is 19.8 Å². The molecule has 1 aliphatic heterocycles. The first-order valence-corrected chi connectivity index (χ1v) is 6.18. The van der Waals surface area contributed by atoms with Crippen LogP contribution in [0.15, 0.2) is 0 Å². The van der Waals surface area contributed by atoms with Crippen molar-refractivity contribution >= 4 is 0 Å². The van der Waals surface area contributed by atoms with Gasteiger partial charge in [0, 0.05) is 18.6 Å². The van der Waals surface area contributed by atoms with Crippen LogP contribution in [-0.2, 0) is 5.11 Å². The highest BCUT2D eigenvalue weighted by Crippen LogP contribution is 2.39. The SMILES string of the molecule is CCC1(N2CCC([O])CC2)CCCC1. The Labute approximate surface area is 87.3 Å². The molecule has 1 aliphatic carbocycles. The van der Waals surface area contributed by atoms with Gasteiger partial charge in [-0.15, -0.1) is 0 Å². The third-order valence-electron chi connectivity index (χ3n) is 4.31. The van der Waals surface area contributed by atoms with Gasteiger partial charge in [0.1, 0.15) is 0 Å². The molecule has 2 rings (SSSR count). The highest BCUT2D eigenvalue weighted by molar-refractivity contribution is 4.95. The van der Waals surface area contributed by atoms with Crippen molar-refractivity contribution in [2.75, 3.05) is 13.1 Å². The number of piperidine rings is 1. The molecule has 0 aromatic rings. The van der Waals surface area contributed by atoms with Crippen LogP contribution >= 0.6 is 0 Å². The minimum absolute atomic E-state index is 0.276. The van der Waals surface area contributed by atoms with E-state index >= 15 is 0 Å². The van der Waals surface area contributed by atoms with E-state index in [0.717, 1.165) is 25.9 Å². The van der Waals surface area contributed by atoms with Crippen LogP contribution in [-0.4, -0.2) is 29.6 Å². The molecule has 1 saturated heterocycles. The molecule has 81 valence electrons. The Balaban J connectivity index is 1.98. The van der Waals surface area contributed by atoms with E-state index in [2.05, 4.69) is 11.8 Å². The van der Waals surface area contributed by atoms with Crippen LogP contribution in [0.4, 0.5) is 0 Å². The zero-order chi connectivity index (χ0) is 10.0. The van der Waals surface area contributed by atoms with E-state index in [1.807, 2.05) is 0 Å². The summed E-state index contributed by atoms with van der Waals surface area (Å²) in [4.78, 5) is 2.62. The minimum atomic E-state index is -0.276. The maximum absolute atomic E-state index is 11.3. The summed E-state index contributed by atoms with van der Waals surface area (Å²) in [5.41, 5.74) is 0.486. The van der Waals surface area contributed by atoms with E-state index in [0.29, 0.717) is 5.54 Å². The maximum Gasteiger partial charge on any atom is 0.0954 e. The van der Waals surface area contributed by atoms with Gasteiger partial charge in [0.05, 0.1) is 6.10 Å². The summed E-state index contributed by atoms with van der Waals surface area (Å²) in [6.45, 7) is 4.43. The smallest absolute Gasteiger partial charge is 0.0954 e. The zero-order valence-electron chi connectivity index (χ0n) is 9.30. The van der Waals surface area contributed by atoms with Crippen molar-refractivity contribution in [3.05, 3.63) is 0 Å². The molecule has 2 heteroatoms. The zero-order valence-corrected chi connectivity index (χ0v) is 9.30. The van der Waals surface area contributed by atoms with Crippen molar-refractivity contribution in [1.82, 2.24) is 4.90 Å². The molecule has 0 spiro atoms. The molecule has 0 aromatic carbocycles. The van der Waals surface area contributed by atoms with Crippen LogP contribution in [0.1, 0.15) is 51.9 Å². The topological polar surface area (TPSA) is 23.1 Å². The number of hydrogen-bond acceptors (Lipinski definition) is 1. The Kier molecular flexibility index (Phi) is 3.13. The summed E-state index contributed by atoms with van der Waals surface area (Å²) < 4.78 is 0. The van der Waals surface area contributed by atoms with E-state index in [1.165, 1.54) is 32.1 Å². The van der Waals surface area contributed by atoms with Gasteiger partial charge in [-0.2, -0.15) is 0 Å². The number of nitrogens with zero attached hydrogens (tertiary/aromatic N) is 1. The van der Waals surface area contributed by atoms with Gasteiger partial charge in [0.2, 0.25) is 0 Å². The lowest BCUT2D eigenvalue weighted by molar-refractivity contribution is -0.0137. The fourth-order valence-electron chi connectivity index (χ4n) is 3.26. The summed E-state index contributed by atoms with van der Waals surface area (Å²) >= 11 is 0. The van der Waals surface area contributed by atoms with Gasteiger partial charge in [-0.25, -0.2) is 5.11 Å². The molecule has 0 aromatic heterocycles. The Bertz CT molecular complexity index is 179. The lowest BCUT2D eigenvalue weighted by Gasteiger charge is -2.43.